The van der Waals surface area contributed by atoms with Crippen LogP contribution in [0, 0.1) is 12.8 Å². The summed E-state index contributed by atoms with van der Waals surface area (Å²) in [5.74, 6) is 0.935. The first-order valence-corrected chi connectivity index (χ1v) is 11.1. The molecule has 29 heavy (non-hydrogen) atoms. The highest BCUT2D eigenvalue weighted by Gasteiger charge is 2.32. The van der Waals surface area contributed by atoms with Gasteiger partial charge in [0.2, 0.25) is 21.7 Å². The molecule has 2 aromatic heterocycles. The van der Waals surface area contributed by atoms with E-state index < -0.39 is 10.0 Å². The molecule has 0 saturated carbocycles. The number of nitrogens with zero attached hydrogens (tertiary/aromatic N) is 5. The fraction of sp³-hybridized carbons (Fsp3) is 0.368. The molecule has 152 valence electrons. The molecule has 8 nitrogen and oxygen atoms in total. The van der Waals surface area contributed by atoms with Crippen molar-refractivity contribution in [2.45, 2.75) is 31.1 Å². The Morgan fingerprint density at radius 3 is 2.97 bits per heavy atom. The number of hydrogen-bond acceptors (Lipinski definition) is 7. The second kappa shape index (κ2) is 8.17. The van der Waals surface area contributed by atoms with E-state index in [0.29, 0.717) is 47.5 Å². The van der Waals surface area contributed by atoms with E-state index in [9.17, 15) is 8.42 Å². The van der Waals surface area contributed by atoms with Gasteiger partial charge < -0.3 is 4.52 Å². The van der Waals surface area contributed by atoms with Gasteiger partial charge in [0.1, 0.15) is 5.69 Å². The summed E-state index contributed by atoms with van der Waals surface area (Å²) >= 11 is 6.13. The van der Waals surface area contributed by atoms with Crippen LogP contribution in [0.3, 0.4) is 0 Å². The van der Waals surface area contributed by atoms with Crippen molar-refractivity contribution in [1.82, 2.24) is 24.4 Å². The zero-order valence-corrected chi connectivity index (χ0v) is 17.4. The third-order valence-corrected chi connectivity index (χ3v) is 7.46. The molecule has 1 atom stereocenters. The number of piperidine rings is 1. The van der Waals surface area contributed by atoms with Gasteiger partial charge >= 0.3 is 0 Å². The minimum atomic E-state index is -3.61. The quantitative estimate of drug-likeness (QED) is 0.608. The second-order valence-corrected chi connectivity index (χ2v) is 9.35. The molecule has 0 spiro atoms. The lowest BCUT2D eigenvalue weighted by Crippen LogP contribution is -2.40. The normalized spacial score (nSPS) is 18.1. The summed E-state index contributed by atoms with van der Waals surface area (Å²) in [6, 6.07) is 4.96. The number of sulfonamides is 1. The average Bonchev–Trinajstić information content (AvgIpc) is 3.19. The van der Waals surface area contributed by atoms with Gasteiger partial charge in [0.25, 0.3) is 0 Å². The molecule has 0 aliphatic carbocycles. The molecule has 0 amide bonds. The van der Waals surface area contributed by atoms with E-state index in [1.165, 1.54) is 4.31 Å². The summed E-state index contributed by atoms with van der Waals surface area (Å²) in [6.07, 6.45) is 6.87. The van der Waals surface area contributed by atoms with Gasteiger partial charge in [-0.3, -0.25) is 4.98 Å². The van der Waals surface area contributed by atoms with E-state index in [-0.39, 0.29) is 10.8 Å². The largest absolute Gasteiger partial charge is 0.339 e. The van der Waals surface area contributed by atoms with E-state index in [1.807, 2.05) is 0 Å². The summed E-state index contributed by atoms with van der Waals surface area (Å²) in [4.78, 5) is 12.8. The summed E-state index contributed by atoms with van der Waals surface area (Å²) in [6.45, 7) is 2.61. The molecule has 1 aromatic carbocycles. The first-order chi connectivity index (χ1) is 13.9. The van der Waals surface area contributed by atoms with Gasteiger partial charge in [0.15, 0.2) is 0 Å². The lowest BCUT2D eigenvalue weighted by Gasteiger charge is -2.31. The fourth-order valence-electron chi connectivity index (χ4n) is 3.52. The van der Waals surface area contributed by atoms with Crippen LogP contribution >= 0.6 is 11.6 Å². The first kappa shape index (κ1) is 19.9. The van der Waals surface area contributed by atoms with Crippen molar-refractivity contribution >= 4 is 21.6 Å². The number of hydrogen-bond donors (Lipinski definition) is 0. The number of halogens is 1. The van der Waals surface area contributed by atoms with Crippen molar-refractivity contribution in [3.63, 3.8) is 0 Å². The topological polar surface area (TPSA) is 102 Å². The predicted octanol–water partition coefficient (Wildman–Crippen LogP) is 3.13. The van der Waals surface area contributed by atoms with Gasteiger partial charge in [-0.15, -0.1) is 0 Å². The first-order valence-electron chi connectivity index (χ1n) is 9.29. The maximum absolute atomic E-state index is 13.1. The molecule has 10 heteroatoms. The molecule has 0 bridgehead atoms. The Morgan fingerprint density at radius 2 is 2.17 bits per heavy atom. The smallest absolute Gasteiger partial charge is 0.243 e. The average molecular weight is 434 g/mol. The second-order valence-electron chi connectivity index (χ2n) is 7.04. The lowest BCUT2D eigenvalue weighted by atomic mass is 9.96. The predicted molar refractivity (Wildman–Crippen MR) is 107 cm³/mol. The van der Waals surface area contributed by atoms with Gasteiger partial charge in [0, 0.05) is 36.9 Å². The van der Waals surface area contributed by atoms with E-state index >= 15 is 0 Å². The van der Waals surface area contributed by atoms with E-state index in [4.69, 9.17) is 16.1 Å². The van der Waals surface area contributed by atoms with E-state index in [2.05, 4.69) is 20.1 Å². The Hall–Kier alpha value is -2.36. The molecular formula is C19H20ClN5O3S. The van der Waals surface area contributed by atoms with Crippen LogP contribution in [-0.2, 0) is 16.4 Å². The summed E-state index contributed by atoms with van der Waals surface area (Å²) in [5, 5.41) is 4.40. The molecule has 3 aromatic rings. The maximum atomic E-state index is 13.1. The molecule has 1 saturated heterocycles. The Labute approximate surface area is 174 Å². The molecule has 1 aliphatic rings. The van der Waals surface area contributed by atoms with Gasteiger partial charge in [-0.25, -0.2) is 13.4 Å². The van der Waals surface area contributed by atoms with Gasteiger partial charge in [-0.2, -0.15) is 9.29 Å². The molecule has 3 heterocycles. The third kappa shape index (κ3) is 4.17. The molecular weight excluding hydrogens is 414 g/mol. The monoisotopic (exact) mass is 433 g/mol. The molecule has 0 radical (unpaired) electrons. The zero-order valence-electron chi connectivity index (χ0n) is 15.8. The molecule has 4 rings (SSSR count). The number of benzene rings is 1. The minimum absolute atomic E-state index is 0.0909. The van der Waals surface area contributed by atoms with E-state index in [0.717, 1.165) is 12.8 Å². The summed E-state index contributed by atoms with van der Waals surface area (Å²) < 4.78 is 33.2. The van der Waals surface area contributed by atoms with Crippen molar-refractivity contribution in [3.8, 4) is 11.5 Å². The molecule has 1 unspecified atom stereocenters. The van der Waals surface area contributed by atoms with Crippen molar-refractivity contribution in [3.05, 3.63) is 53.3 Å². The molecule has 1 fully saturated rings. The number of aromatic nitrogens is 4. The Balaban J connectivity index is 1.49. The van der Waals surface area contributed by atoms with Crippen LogP contribution in [0.25, 0.3) is 11.5 Å². The van der Waals surface area contributed by atoms with Crippen molar-refractivity contribution < 1.29 is 12.9 Å². The van der Waals surface area contributed by atoms with Crippen LogP contribution in [-0.4, -0.2) is 45.9 Å². The summed E-state index contributed by atoms with van der Waals surface area (Å²) in [7, 11) is -3.61. The fourth-order valence-corrected chi connectivity index (χ4v) is 5.55. The van der Waals surface area contributed by atoms with Gasteiger partial charge in [0.05, 0.1) is 11.1 Å². The van der Waals surface area contributed by atoms with Crippen LogP contribution in [0.1, 0.15) is 24.3 Å². The van der Waals surface area contributed by atoms with Crippen LogP contribution in [0.2, 0.25) is 5.02 Å². The SMILES string of the molecule is Cc1c(Cl)cccc1S(=O)(=O)N1CCCC(Cc2nc(-c3cnccn3)no2)C1. The third-order valence-electron chi connectivity index (χ3n) is 5.04. The zero-order chi connectivity index (χ0) is 20.4. The Kier molecular flexibility index (Phi) is 5.62. The maximum Gasteiger partial charge on any atom is 0.243 e. The van der Waals surface area contributed by atoms with Crippen molar-refractivity contribution in [1.29, 1.82) is 0 Å². The standard InChI is InChI=1S/C19H20ClN5O3S/c1-13-15(20)5-2-6-17(13)29(26,27)25-9-3-4-14(12-25)10-18-23-19(24-28-18)16-11-21-7-8-22-16/h2,5-8,11,14H,3-4,9-10,12H2,1H3. The van der Waals surface area contributed by atoms with E-state index in [1.54, 1.807) is 43.7 Å². The van der Waals surface area contributed by atoms with Crippen LogP contribution in [0.5, 0.6) is 0 Å². The molecule has 0 N–H and O–H groups in total. The van der Waals surface area contributed by atoms with Crippen molar-refractivity contribution in [2.75, 3.05) is 13.1 Å². The number of rotatable bonds is 5. The van der Waals surface area contributed by atoms with Gasteiger partial charge in [-0.1, -0.05) is 22.8 Å². The highest BCUT2D eigenvalue weighted by Crippen LogP contribution is 2.29. The highest BCUT2D eigenvalue weighted by atomic mass is 35.5. The van der Waals surface area contributed by atoms with Crippen LogP contribution in [0.15, 0.2) is 46.2 Å². The molecule has 1 aliphatic heterocycles. The Morgan fingerprint density at radius 1 is 1.31 bits per heavy atom. The summed E-state index contributed by atoms with van der Waals surface area (Å²) in [5.41, 5.74) is 1.11. The lowest BCUT2D eigenvalue weighted by molar-refractivity contribution is 0.247. The van der Waals surface area contributed by atoms with Crippen molar-refractivity contribution in [2.24, 2.45) is 5.92 Å². The Bertz CT molecular complexity index is 1100. The van der Waals surface area contributed by atoms with Gasteiger partial charge in [-0.05, 0) is 43.4 Å². The van der Waals surface area contributed by atoms with Crippen LogP contribution < -0.4 is 0 Å². The highest BCUT2D eigenvalue weighted by molar-refractivity contribution is 7.89. The van der Waals surface area contributed by atoms with Crippen LogP contribution in [0.4, 0.5) is 0 Å². The minimum Gasteiger partial charge on any atom is -0.339 e.